The van der Waals surface area contributed by atoms with Gasteiger partial charge in [0, 0.05) is 16.0 Å². The quantitative estimate of drug-likeness (QED) is 0.802. The molecule has 110 valence electrons. The average Bonchev–Trinajstić information content (AvgIpc) is 2.41. The predicted molar refractivity (Wildman–Crippen MR) is 87.2 cm³/mol. The molecule has 2 unspecified atom stereocenters. The topological polar surface area (TPSA) is 29.1 Å². The third-order valence-corrected chi connectivity index (χ3v) is 4.98. The van der Waals surface area contributed by atoms with Crippen LogP contribution in [-0.2, 0) is 0 Å². The van der Waals surface area contributed by atoms with Crippen molar-refractivity contribution in [1.29, 1.82) is 0 Å². The molecule has 2 atom stereocenters. The SMILES string of the molecule is CC1CCCC(CCNC(=O)c2cc(Cl)ccc2Br)C1. The number of rotatable bonds is 4. The molecular weight excluding hydrogens is 338 g/mol. The molecule has 0 saturated heterocycles. The highest BCUT2D eigenvalue weighted by molar-refractivity contribution is 9.10. The smallest absolute Gasteiger partial charge is 0.252 e. The Hall–Kier alpha value is -0.540. The van der Waals surface area contributed by atoms with E-state index < -0.39 is 0 Å². The van der Waals surface area contributed by atoms with E-state index in [9.17, 15) is 4.79 Å². The third-order valence-electron chi connectivity index (χ3n) is 4.06. The van der Waals surface area contributed by atoms with Gasteiger partial charge >= 0.3 is 0 Å². The van der Waals surface area contributed by atoms with Crippen LogP contribution in [0.15, 0.2) is 22.7 Å². The summed E-state index contributed by atoms with van der Waals surface area (Å²) >= 11 is 9.32. The molecule has 1 saturated carbocycles. The Morgan fingerprint density at radius 1 is 1.45 bits per heavy atom. The fraction of sp³-hybridized carbons (Fsp3) is 0.562. The molecule has 1 aliphatic rings. The maximum Gasteiger partial charge on any atom is 0.252 e. The van der Waals surface area contributed by atoms with E-state index in [0.717, 1.165) is 29.3 Å². The minimum atomic E-state index is -0.0526. The van der Waals surface area contributed by atoms with Crippen molar-refractivity contribution in [3.05, 3.63) is 33.3 Å². The van der Waals surface area contributed by atoms with E-state index >= 15 is 0 Å². The summed E-state index contributed by atoms with van der Waals surface area (Å²) in [6.07, 6.45) is 6.38. The van der Waals surface area contributed by atoms with E-state index in [0.29, 0.717) is 10.6 Å². The van der Waals surface area contributed by atoms with Gasteiger partial charge in [-0.05, 0) is 58.8 Å². The molecule has 0 spiro atoms. The number of carbonyl (C=O) groups excluding carboxylic acids is 1. The van der Waals surface area contributed by atoms with E-state index in [1.165, 1.54) is 25.7 Å². The Balaban J connectivity index is 1.81. The molecule has 2 rings (SSSR count). The van der Waals surface area contributed by atoms with Crippen LogP contribution in [0, 0.1) is 11.8 Å². The van der Waals surface area contributed by atoms with Gasteiger partial charge in [-0.15, -0.1) is 0 Å². The third kappa shape index (κ3) is 4.49. The van der Waals surface area contributed by atoms with E-state index in [1.54, 1.807) is 18.2 Å². The second-order valence-electron chi connectivity index (χ2n) is 5.81. The van der Waals surface area contributed by atoms with Crippen LogP contribution in [0.2, 0.25) is 5.02 Å². The van der Waals surface area contributed by atoms with Crippen LogP contribution < -0.4 is 5.32 Å². The van der Waals surface area contributed by atoms with Gasteiger partial charge < -0.3 is 5.32 Å². The molecule has 0 bridgehead atoms. The van der Waals surface area contributed by atoms with Gasteiger partial charge in [-0.1, -0.05) is 37.8 Å². The summed E-state index contributed by atoms with van der Waals surface area (Å²) in [5.74, 6) is 1.55. The number of halogens is 2. The second kappa shape index (κ2) is 7.46. The number of hydrogen-bond donors (Lipinski definition) is 1. The second-order valence-corrected chi connectivity index (χ2v) is 7.10. The maximum atomic E-state index is 12.1. The Morgan fingerprint density at radius 2 is 2.25 bits per heavy atom. The maximum absolute atomic E-state index is 12.1. The van der Waals surface area contributed by atoms with Gasteiger partial charge in [0.25, 0.3) is 5.91 Å². The normalized spacial score (nSPS) is 22.6. The van der Waals surface area contributed by atoms with Crippen molar-refractivity contribution in [1.82, 2.24) is 5.32 Å². The van der Waals surface area contributed by atoms with Gasteiger partial charge in [0.15, 0.2) is 0 Å². The van der Waals surface area contributed by atoms with E-state index in [-0.39, 0.29) is 5.91 Å². The highest BCUT2D eigenvalue weighted by atomic mass is 79.9. The molecule has 0 aliphatic heterocycles. The van der Waals surface area contributed by atoms with Gasteiger partial charge in [0.2, 0.25) is 0 Å². The first kappa shape index (κ1) is 15.8. The highest BCUT2D eigenvalue weighted by Crippen LogP contribution is 2.30. The summed E-state index contributed by atoms with van der Waals surface area (Å²) in [5, 5.41) is 3.58. The van der Waals surface area contributed by atoms with Crippen LogP contribution >= 0.6 is 27.5 Å². The Labute approximate surface area is 134 Å². The average molecular weight is 359 g/mol. The Morgan fingerprint density at radius 3 is 3.00 bits per heavy atom. The molecule has 1 aromatic rings. The van der Waals surface area contributed by atoms with Gasteiger partial charge in [0.1, 0.15) is 0 Å². The zero-order valence-corrected chi connectivity index (χ0v) is 14.1. The fourth-order valence-electron chi connectivity index (χ4n) is 2.98. The van der Waals surface area contributed by atoms with Crippen LogP contribution in [0.25, 0.3) is 0 Å². The Bertz CT molecular complexity index is 478. The van der Waals surface area contributed by atoms with Crippen molar-refractivity contribution < 1.29 is 4.79 Å². The first-order chi connectivity index (χ1) is 9.56. The van der Waals surface area contributed by atoms with Crippen molar-refractivity contribution in [3.8, 4) is 0 Å². The van der Waals surface area contributed by atoms with Crippen LogP contribution in [-0.4, -0.2) is 12.5 Å². The first-order valence-corrected chi connectivity index (χ1v) is 8.46. The number of nitrogens with one attached hydrogen (secondary N) is 1. The van der Waals surface area contributed by atoms with Gasteiger partial charge in [-0.25, -0.2) is 0 Å². The molecule has 0 heterocycles. The van der Waals surface area contributed by atoms with E-state index in [2.05, 4.69) is 28.2 Å². The monoisotopic (exact) mass is 357 g/mol. The molecule has 0 aromatic heterocycles. The number of amides is 1. The van der Waals surface area contributed by atoms with Crippen LogP contribution in [0.3, 0.4) is 0 Å². The summed E-state index contributed by atoms with van der Waals surface area (Å²) in [7, 11) is 0. The molecule has 1 aromatic carbocycles. The minimum Gasteiger partial charge on any atom is -0.352 e. The van der Waals surface area contributed by atoms with Crippen molar-refractivity contribution >= 4 is 33.4 Å². The molecule has 1 amide bonds. The van der Waals surface area contributed by atoms with E-state index in [4.69, 9.17) is 11.6 Å². The van der Waals surface area contributed by atoms with Crippen molar-refractivity contribution in [2.24, 2.45) is 11.8 Å². The predicted octanol–water partition coefficient (Wildman–Crippen LogP) is 5.05. The lowest BCUT2D eigenvalue weighted by Gasteiger charge is -2.26. The zero-order valence-electron chi connectivity index (χ0n) is 11.8. The standard InChI is InChI=1S/C16H21BrClNO/c1-11-3-2-4-12(9-11)7-8-19-16(20)14-10-13(18)5-6-15(14)17/h5-6,10-12H,2-4,7-9H2,1H3,(H,19,20). The molecule has 4 heteroatoms. The number of benzene rings is 1. The Kier molecular flexibility index (Phi) is 5.91. The highest BCUT2D eigenvalue weighted by Gasteiger charge is 2.19. The van der Waals surface area contributed by atoms with Gasteiger partial charge in [-0.3, -0.25) is 4.79 Å². The minimum absolute atomic E-state index is 0.0526. The van der Waals surface area contributed by atoms with Crippen LogP contribution in [0.5, 0.6) is 0 Å². The lowest BCUT2D eigenvalue weighted by atomic mass is 9.81. The summed E-state index contributed by atoms with van der Waals surface area (Å²) in [6, 6.07) is 5.27. The van der Waals surface area contributed by atoms with Crippen LogP contribution in [0.4, 0.5) is 0 Å². The molecule has 1 fully saturated rings. The largest absolute Gasteiger partial charge is 0.352 e. The van der Waals surface area contributed by atoms with Gasteiger partial charge in [-0.2, -0.15) is 0 Å². The number of carbonyl (C=O) groups is 1. The molecule has 1 N–H and O–H groups in total. The first-order valence-electron chi connectivity index (χ1n) is 7.29. The van der Waals surface area contributed by atoms with Crippen molar-refractivity contribution in [3.63, 3.8) is 0 Å². The van der Waals surface area contributed by atoms with Crippen LogP contribution in [0.1, 0.15) is 49.4 Å². The van der Waals surface area contributed by atoms with Crippen molar-refractivity contribution in [2.45, 2.75) is 39.0 Å². The molecule has 1 aliphatic carbocycles. The lowest BCUT2D eigenvalue weighted by molar-refractivity contribution is 0.0949. The summed E-state index contributed by atoms with van der Waals surface area (Å²) < 4.78 is 0.783. The molecule has 2 nitrogen and oxygen atoms in total. The van der Waals surface area contributed by atoms with Crippen molar-refractivity contribution in [2.75, 3.05) is 6.54 Å². The fourth-order valence-corrected chi connectivity index (χ4v) is 3.58. The molecule has 0 radical (unpaired) electrons. The summed E-state index contributed by atoms with van der Waals surface area (Å²) in [5.41, 5.74) is 0.606. The zero-order chi connectivity index (χ0) is 14.5. The molecular formula is C16H21BrClNO. The van der Waals surface area contributed by atoms with Gasteiger partial charge in [0.05, 0.1) is 5.56 Å². The summed E-state index contributed by atoms with van der Waals surface area (Å²) in [6.45, 7) is 3.07. The summed E-state index contributed by atoms with van der Waals surface area (Å²) in [4.78, 5) is 12.1. The molecule has 20 heavy (non-hydrogen) atoms. The number of hydrogen-bond acceptors (Lipinski definition) is 1. The lowest BCUT2D eigenvalue weighted by Crippen LogP contribution is -2.27. The van der Waals surface area contributed by atoms with E-state index in [1.807, 2.05) is 0 Å².